The predicted molar refractivity (Wildman–Crippen MR) is 58.7 cm³/mol. The van der Waals surface area contributed by atoms with Gasteiger partial charge in [-0.1, -0.05) is 19.0 Å². The van der Waals surface area contributed by atoms with E-state index in [9.17, 15) is 4.79 Å². The highest BCUT2D eigenvalue weighted by Gasteiger charge is 2.07. The Bertz CT molecular complexity index is 218. The maximum absolute atomic E-state index is 11.1. The van der Waals surface area contributed by atoms with Crippen LogP contribution < -0.4 is 16.4 Å². The zero-order valence-corrected chi connectivity index (χ0v) is 9.29. The summed E-state index contributed by atoms with van der Waals surface area (Å²) in [6.45, 7) is 5.26. The van der Waals surface area contributed by atoms with Crippen molar-refractivity contribution in [1.29, 1.82) is 0 Å². The van der Waals surface area contributed by atoms with Crippen molar-refractivity contribution in [3.63, 3.8) is 0 Å². The Hall–Kier alpha value is -1.30. The fourth-order valence-electron chi connectivity index (χ4n) is 0.932. The van der Waals surface area contributed by atoms with Gasteiger partial charge in [0, 0.05) is 19.0 Å². The van der Waals surface area contributed by atoms with Crippen LogP contribution in [0, 0.1) is 5.92 Å². The van der Waals surface area contributed by atoms with Gasteiger partial charge >= 0.3 is 0 Å². The number of rotatable bonds is 7. The van der Waals surface area contributed by atoms with Crippen LogP contribution in [0.15, 0.2) is 5.16 Å². The van der Waals surface area contributed by atoms with Crippen molar-refractivity contribution in [2.24, 2.45) is 16.8 Å². The van der Waals surface area contributed by atoms with Gasteiger partial charge in [0.15, 0.2) is 0 Å². The molecule has 6 nitrogen and oxygen atoms in total. The molecule has 0 aromatic rings. The lowest BCUT2D eigenvalue weighted by Crippen LogP contribution is -2.38. The number of amides is 1. The van der Waals surface area contributed by atoms with E-state index >= 15 is 0 Å². The molecular weight excluding hydrogens is 196 g/mol. The van der Waals surface area contributed by atoms with E-state index in [0.29, 0.717) is 13.1 Å². The molecule has 0 fully saturated rings. The molecule has 88 valence electrons. The number of carbonyl (C=O) groups is 1. The molecule has 1 unspecified atom stereocenters. The number of oxime groups is 1. The molecule has 5 N–H and O–H groups in total. The minimum absolute atomic E-state index is 0.0384. The molecule has 6 heteroatoms. The molecule has 0 spiro atoms. The molecule has 0 bridgehead atoms. The Morgan fingerprint density at radius 1 is 1.60 bits per heavy atom. The molecule has 15 heavy (non-hydrogen) atoms. The molecule has 1 atom stereocenters. The van der Waals surface area contributed by atoms with E-state index in [-0.39, 0.29) is 24.2 Å². The van der Waals surface area contributed by atoms with Crippen molar-refractivity contribution in [3.8, 4) is 0 Å². The van der Waals surface area contributed by atoms with Crippen LogP contribution in [0.3, 0.4) is 0 Å². The summed E-state index contributed by atoms with van der Waals surface area (Å²) in [5, 5.41) is 16.9. The first-order valence-electron chi connectivity index (χ1n) is 5.06. The van der Waals surface area contributed by atoms with E-state index in [0.717, 1.165) is 6.42 Å². The third-order valence-corrected chi connectivity index (χ3v) is 1.93. The average Bonchev–Trinajstić information content (AvgIpc) is 2.24. The maximum Gasteiger partial charge on any atom is 0.233 e. The topological polar surface area (TPSA) is 99.7 Å². The number of nitrogens with zero attached hydrogens (tertiary/aromatic N) is 1. The van der Waals surface area contributed by atoms with E-state index in [1.165, 1.54) is 0 Å². The quantitative estimate of drug-likeness (QED) is 0.199. The van der Waals surface area contributed by atoms with Crippen molar-refractivity contribution in [1.82, 2.24) is 10.6 Å². The summed E-state index contributed by atoms with van der Waals surface area (Å²) in [4.78, 5) is 11.1. The second-order valence-electron chi connectivity index (χ2n) is 3.41. The van der Waals surface area contributed by atoms with Gasteiger partial charge in [-0.3, -0.25) is 4.79 Å². The van der Waals surface area contributed by atoms with Crippen molar-refractivity contribution in [2.75, 3.05) is 19.6 Å². The van der Waals surface area contributed by atoms with Gasteiger partial charge in [0.2, 0.25) is 5.91 Å². The molecule has 0 saturated carbocycles. The minimum atomic E-state index is -0.0889. The van der Waals surface area contributed by atoms with Crippen LogP contribution in [0.25, 0.3) is 0 Å². The summed E-state index contributed by atoms with van der Waals surface area (Å²) in [5.74, 6) is 0.0361. The Morgan fingerprint density at radius 3 is 2.80 bits per heavy atom. The zero-order valence-electron chi connectivity index (χ0n) is 9.29. The van der Waals surface area contributed by atoms with E-state index < -0.39 is 0 Å². The van der Waals surface area contributed by atoms with Crippen LogP contribution in [0.1, 0.15) is 20.3 Å². The van der Waals surface area contributed by atoms with Gasteiger partial charge in [-0.25, -0.2) is 0 Å². The largest absolute Gasteiger partial charge is 0.409 e. The Balaban J connectivity index is 3.57. The molecule has 0 radical (unpaired) electrons. The number of nitrogens with one attached hydrogen (secondary N) is 2. The van der Waals surface area contributed by atoms with E-state index in [4.69, 9.17) is 10.9 Å². The van der Waals surface area contributed by atoms with Gasteiger partial charge in [-0.15, -0.1) is 0 Å². The van der Waals surface area contributed by atoms with Crippen molar-refractivity contribution in [2.45, 2.75) is 20.3 Å². The third-order valence-electron chi connectivity index (χ3n) is 1.93. The lowest BCUT2D eigenvalue weighted by molar-refractivity contribution is -0.120. The Labute approximate surface area is 89.9 Å². The van der Waals surface area contributed by atoms with Gasteiger partial charge in [0.1, 0.15) is 5.84 Å². The Morgan fingerprint density at radius 2 is 2.27 bits per heavy atom. The summed E-state index contributed by atoms with van der Waals surface area (Å²) < 4.78 is 0. The van der Waals surface area contributed by atoms with E-state index in [2.05, 4.69) is 15.8 Å². The van der Waals surface area contributed by atoms with Gasteiger partial charge in [-0.05, 0) is 6.42 Å². The van der Waals surface area contributed by atoms with Crippen LogP contribution in [-0.4, -0.2) is 36.6 Å². The van der Waals surface area contributed by atoms with Crippen LogP contribution in [0.4, 0.5) is 0 Å². The summed E-state index contributed by atoms with van der Waals surface area (Å²) in [5.41, 5.74) is 5.37. The van der Waals surface area contributed by atoms with Crippen LogP contribution in [-0.2, 0) is 4.79 Å². The lowest BCUT2D eigenvalue weighted by atomic mass is 10.1. The second kappa shape index (κ2) is 8.05. The highest BCUT2D eigenvalue weighted by molar-refractivity contribution is 5.82. The van der Waals surface area contributed by atoms with Crippen LogP contribution in [0.2, 0.25) is 0 Å². The smallest absolute Gasteiger partial charge is 0.233 e. The maximum atomic E-state index is 11.1. The SMILES string of the molecule is CCCNC(=O)CNCC(C)C(N)=NO. The number of hydrogen-bond donors (Lipinski definition) is 4. The normalized spacial score (nSPS) is 13.6. The molecule has 0 aromatic heterocycles. The van der Waals surface area contributed by atoms with Crippen molar-refractivity contribution < 1.29 is 10.0 Å². The van der Waals surface area contributed by atoms with Gasteiger partial charge in [0.05, 0.1) is 6.54 Å². The minimum Gasteiger partial charge on any atom is -0.409 e. The monoisotopic (exact) mass is 216 g/mol. The van der Waals surface area contributed by atoms with E-state index in [1.807, 2.05) is 13.8 Å². The predicted octanol–water partition coefficient (Wildman–Crippen LogP) is -0.515. The molecule has 1 amide bonds. The highest BCUT2D eigenvalue weighted by Crippen LogP contribution is 1.91. The molecule has 0 rings (SSSR count). The fraction of sp³-hybridized carbons (Fsp3) is 0.778. The molecule has 0 heterocycles. The van der Waals surface area contributed by atoms with Crippen LogP contribution in [0.5, 0.6) is 0 Å². The van der Waals surface area contributed by atoms with Gasteiger partial charge < -0.3 is 21.6 Å². The number of nitrogens with two attached hydrogens (primary N) is 1. The Kier molecular flexibility index (Phi) is 7.35. The summed E-state index contributed by atoms with van der Waals surface area (Å²) in [6.07, 6.45) is 0.923. The summed E-state index contributed by atoms with van der Waals surface area (Å²) >= 11 is 0. The molecule has 0 saturated heterocycles. The zero-order chi connectivity index (χ0) is 11.7. The summed E-state index contributed by atoms with van der Waals surface area (Å²) in [7, 11) is 0. The highest BCUT2D eigenvalue weighted by atomic mass is 16.4. The second-order valence-corrected chi connectivity index (χ2v) is 3.41. The average molecular weight is 216 g/mol. The van der Waals surface area contributed by atoms with Crippen LogP contribution >= 0.6 is 0 Å². The van der Waals surface area contributed by atoms with E-state index in [1.54, 1.807) is 0 Å². The number of hydrogen-bond acceptors (Lipinski definition) is 4. The molecule has 0 aliphatic heterocycles. The summed E-state index contributed by atoms with van der Waals surface area (Å²) in [6, 6.07) is 0. The third kappa shape index (κ3) is 6.73. The fourth-order valence-corrected chi connectivity index (χ4v) is 0.932. The first-order valence-corrected chi connectivity index (χ1v) is 5.06. The van der Waals surface area contributed by atoms with Gasteiger partial charge in [-0.2, -0.15) is 0 Å². The first-order chi connectivity index (χ1) is 7.11. The van der Waals surface area contributed by atoms with Crippen molar-refractivity contribution in [3.05, 3.63) is 0 Å². The number of amidine groups is 1. The van der Waals surface area contributed by atoms with Crippen molar-refractivity contribution >= 4 is 11.7 Å². The van der Waals surface area contributed by atoms with Gasteiger partial charge in [0.25, 0.3) is 0 Å². The standard InChI is InChI=1S/C9H20N4O2/c1-3-4-12-8(14)6-11-5-7(2)9(10)13-15/h7,11,15H,3-6H2,1-2H3,(H2,10,13)(H,12,14). The number of carbonyl (C=O) groups excluding carboxylic acids is 1. The first kappa shape index (κ1) is 13.7. The molecule has 0 aromatic carbocycles. The molecule has 0 aliphatic carbocycles. The molecule has 0 aliphatic rings. The molecular formula is C9H20N4O2. The lowest BCUT2D eigenvalue weighted by Gasteiger charge is -2.10.